The van der Waals surface area contributed by atoms with Gasteiger partial charge in [0, 0.05) is 11.1 Å². The number of halogens is 1. The molecule has 0 radical (unpaired) electrons. The molecule has 0 amide bonds. The number of para-hydroxylation sites is 1. The summed E-state index contributed by atoms with van der Waals surface area (Å²) in [4.78, 5) is 4.67. The number of aromatic nitrogens is 1. The molecule has 1 atom stereocenters. The summed E-state index contributed by atoms with van der Waals surface area (Å²) in [5.41, 5.74) is 8.74. The summed E-state index contributed by atoms with van der Waals surface area (Å²) < 4.78 is 0. The summed E-state index contributed by atoms with van der Waals surface area (Å²) >= 11 is 8.26. The molecule has 0 aliphatic carbocycles. The Labute approximate surface area is 123 Å². The second-order valence-electron chi connectivity index (χ2n) is 4.87. The molecule has 1 heterocycles. The van der Waals surface area contributed by atoms with Crippen molar-refractivity contribution in [1.29, 1.82) is 0 Å². The minimum atomic E-state index is 0.533. The van der Waals surface area contributed by atoms with Crippen molar-refractivity contribution in [3.05, 3.63) is 40.5 Å². The zero-order valence-electron chi connectivity index (χ0n) is 11.3. The normalized spacial score (nSPS) is 12.8. The second kappa shape index (κ2) is 6.60. The van der Waals surface area contributed by atoms with Crippen molar-refractivity contribution in [1.82, 2.24) is 4.98 Å². The maximum absolute atomic E-state index is 6.42. The number of nitrogens with zero attached hydrogens (tertiary/aromatic N) is 1. The van der Waals surface area contributed by atoms with E-state index in [2.05, 4.69) is 24.9 Å². The van der Waals surface area contributed by atoms with Crippen molar-refractivity contribution in [2.24, 2.45) is 11.7 Å². The van der Waals surface area contributed by atoms with Gasteiger partial charge in [-0.15, -0.1) is 0 Å². The summed E-state index contributed by atoms with van der Waals surface area (Å²) in [6.45, 7) is 4.95. The van der Waals surface area contributed by atoms with Gasteiger partial charge in [-0.05, 0) is 36.8 Å². The van der Waals surface area contributed by atoms with Gasteiger partial charge in [0.15, 0.2) is 0 Å². The molecule has 0 saturated heterocycles. The van der Waals surface area contributed by atoms with Crippen molar-refractivity contribution < 1.29 is 0 Å². The van der Waals surface area contributed by atoms with E-state index in [0.29, 0.717) is 5.92 Å². The van der Waals surface area contributed by atoms with Crippen molar-refractivity contribution >= 4 is 34.3 Å². The van der Waals surface area contributed by atoms with Crippen LogP contribution in [0.4, 0.5) is 0 Å². The smallest absolute Gasteiger partial charge is 0.0709 e. The molecule has 2 aromatic rings. The number of pyridine rings is 1. The Morgan fingerprint density at radius 2 is 2.11 bits per heavy atom. The lowest BCUT2D eigenvalue weighted by Crippen LogP contribution is -2.12. The Hall–Kier alpha value is -0.770. The van der Waals surface area contributed by atoms with Gasteiger partial charge in [-0.1, -0.05) is 36.7 Å². The molecule has 102 valence electrons. The first-order chi connectivity index (χ1) is 9.13. The van der Waals surface area contributed by atoms with E-state index in [4.69, 9.17) is 17.3 Å². The molecule has 1 unspecified atom stereocenters. The first kappa shape index (κ1) is 14.6. The fourth-order valence-corrected chi connectivity index (χ4v) is 3.29. The number of nitrogens with two attached hydrogens (primary N) is 1. The largest absolute Gasteiger partial charge is 0.330 e. The molecule has 0 aliphatic heterocycles. The van der Waals surface area contributed by atoms with Gasteiger partial charge in [0.25, 0.3) is 0 Å². The monoisotopic (exact) mass is 294 g/mol. The molecule has 2 rings (SSSR count). The summed E-state index contributed by atoms with van der Waals surface area (Å²) in [6.07, 6.45) is 0. The number of rotatable bonds is 5. The van der Waals surface area contributed by atoms with Crippen LogP contribution in [0.1, 0.15) is 18.2 Å². The van der Waals surface area contributed by atoms with Crippen LogP contribution in [-0.2, 0) is 5.75 Å². The highest BCUT2D eigenvalue weighted by Gasteiger charge is 2.10. The average molecular weight is 295 g/mol. The Bertz CT molecular complexity index is 571. The fourth-order valence-electron chi connectivity index (χ4n) is 1.94. The quantitative estimate of drug-likeness (QED) is 0.905. The highest BCUT2D eigenvalue weighted by Crippen LogP contribution is 2.29. The third kappa shape index (κ3) is 3.41. The van der Waals surface area contributed by atoms with Gasteiger partial charge in [-0.3, -0.25) is 4.98 Å². The van der Waals surface area contributed by atoms with Crippen LogP contribution < -0.4 is 5.73 Å². The molecule has 2 nitrogen and oxygen atoms in total. The van der Waals surface area contributed by atoms with E-state index in [1.807, 2.05) is 30.0 Å². The van der Waals surface area contributed by atoms with Crippen LogP contribution in [-0.4, -0.2) is 17.3 Å². The SMILES string of the molecule is Cc1c(Cl)c(CSCC(C)CN)nc2ccccc12. The number of hydrogen-bond donors (Lipinski definition) is 1. The number of aryl methyl sites for hydroxylation is 1. The molecule has 4 heteroatoms. The zero-order valence-corrected chi connectivity index (χ0v) is 12.9. The maximum Gasteiger partial charge on any atom is 0.0709 e. The van der Waals surface area contributed by atoms with Crippen LogP contribution in [0, 0.1) is 12.8 Å². The van der Waals surface area contributed by atoms with E-state index in [9.17, 15) is 0 Å². The molecule has 19 heavy (non-hydrogen) atoms. The lowest BCUT2D eigenvalue weighted by Gasteiger charge is -2.11. The molecule has 1 aromatic heterocycles. The zero-order chi connectivity index (χ0) is 13.8. The summed E-state index contributed by atoms with van der Waals surface area (Å²) in [6, 6.07) is 8.13. The Kier molecular flexibility index (Phi) is 5.08. The topological polar surface area (TPSA) is 38.9 Å². The van der Waals surface area contributed by atoms with E-state index >= 15 is 0 Å². The van der Waals surface area contributed by atoms with E-state index in [0.717, 1.165) is 45.2 Å². The van der Waals surface area contributed by atoms with Crippen LogP contribution in [0.25, 0.3) is 10.9 Å². The Morgan fingerprint density at radius 3 is 2.84 bits per heavy atom. The minimum Gasteiger partial charge on any atom is -0.330 e. The Balaban J connectivity index is 2.21. The molecule has 0 spiro atoms. The van der Waals surface area contributed by atoms with Crippen molar-refractivity contribution in [2.75, 3.05) is 12.3 Å². The summed E-state index contributed by atoms with van der Waals surface area (Å²) in [7, 11) is 0. The van der Waals surface area contributed by atoms with Crippen LogP contribution in [0.3, 0.4) is 0 Å². The minimum absolute atomic E-state index is 0.533. The van der Waals surface area contributed by atoms with E-state index in [-0.39, 0.29) is 0 Å². The molecular formula is C15H19ClN2S. The third-order valence-corrected chi connectivity index (χ3v) is 4.97. The fraction of sp³-hybridized carbons (Fsp3) is 0.400. The van der Waals surface area contributed by atoms with Gasteiger partial charge in [0.1, 0.15) is 0 Å². The highest BCUT2D eigenvalue weighted by atomic mass is 35.5. The molecule has 0 saturated carbocycles. The number of fused-ring (bicyclic) bond motifs is 1. The first-order valence-corrected chi connectivity index (χ1v) is 7.98. The molecule has 2 N–H and O–H groups in total. The number of thioether (sulfide) groups is 1. The van der Waals surface area contributed by atoms with Gasteiger partial charge in [-0.2, -0.15) is 11.8 Å². The van der Waals surface area contributed by atoms with Crippen LogP contribution in [0.5, 0.6) is 0 Å². The Morgan fingerprint density at radius 1 is 1.37 bits per heavy atom. The van der Waals surface area contributed by atoms with E-state index < -0.39 is 0 Å². The van der Waals surface area contributed by atoms with Gasteiger partial charge in [0.2, 0.25) is 0 Å². The lowest BCUT2D eigenvalue weighted by atomic mass is 10.1. The molecular weight excluding hydrogens is 276 g/mol. The van der Waals surface area contributed by atoms with E-state index in [1.54, 1.807) is 0 Å². The molecule has 1 aromatic carbocycles. The highest BCUT2D eigenvalue weighted by molar-refractivity contribution is 7.98. The molecule has 0 fully saturated rings. The predicted molar refractivity (Wildman–Crippen MR) is 85.9 cm³/mol. The van der Waals surface area contributed by atoms with Gasteiger partial charge >= 0.3 is 0 Å². The molecule has 0 aliphatic rings. The number of benzene rings is 1. The lowest BCUT2D eigenvalue weighted by molar-refractivity contribution is 0.675. The predicted octanol–water partition coefficient (Wildman–Crippen LogP) is 4.02. The van der Waals surface area contributed by atoms with Crippen molar-refractivity contribution in [3.8, 4) is 0 Å². The summed E-state index contributed by atoms with van der Waals surface area (Å²) in [5, 5.41) is 1.93. The first-order valence-electron chi connectivity index (χ1n) is 6.45. The van der Waals surface area contributed by atoms with Crippen LogP contribution in [0.15, 0.2) is 24.3 Å². The van der Waals surface area contributed by atoms with Crippen LogP contribution in [0.2, 0.25) is 5.02 Å². The third-order valence-electron chi connectivity index (χ3n) is 3.19. The number of hydrogen-bond acceptors (Lipinski definition) is 3. The standard InChI is InChI=1S/C15H19ClN2S/c1-10(7-17)8-19-9-14-15(16)11(2)12-5-3-4-6-13(12)18-14/h3-6,10H,7-9,17H2,1-2H3. The summed E-state index contributed by atoms with van der Waals surface area (Å²) in [5.74, 6) is 2.42. The van der Waals surface area contributed by atoms with Crippen molar-refractivity contribution in [2.45, 2.75) is 19.6 Å². The molecule has 0 bridgehead atoms. The van der Waals surface area contributed by atoms with Gasteiger partial charge < -0.3 is 5.73 Å². The van der Waals surface area contributed by atoms with Gasteiger partial charge in [0.05, 0.1) is 16.2 Å². The van der Waals surface area contributed by atoms with Crippen molar-refractivity contribution in [3.63, 3.8) is 0 Å². The van der Waals surface area contributed by atoms with Gasteiger partial charge in [-0.25, -0.2) is 0 Å². The van der Waals surface area contributed by atoms with E-state index in [1.165, 1.54) is 0 Å². The maximum atomic E-state index is 6.42. The van der Waals surface area contributed by atoms with Crippen LogP contribution >= 0.6 is 23.4 Å². The average Bonchev–Trinajstić information content (AvgIpc) is 2.44. The second-order valence-corrected chi connectivity index (χ2v) is 6.28.